The third kappa shape index (κ3) is 2.49. The van der Waals surface area contributed by atoms with Crippen LogP contribution < -0.4 is 0 Å². The minimum absolute atomic E-state index is 0.305. The number of hydrogen-bond donors (Lipinski definition) is 0. The van der Waals surface area contributed by atoms with Gasteiger partial charge in [0.15, 0.2) is 5.65 Å². The van der Waals surface area contributed by atoms with Gasteiger partial charge < -0.3 is 4.57 Å². The largest absolute Gasteiger partial charge is 0.309 e. The first-order chi connectivity index (χ1) is 10.2. The molecule has 0 bridgehead atoms. The highest BCUT2D eigenvalue weighted by molar-refractivity contribution is 7.07. The highest BCUT2D eigenvalue weighted by atomic mass is 35.5. The first-order valence-electron chi connectivity index (χ1n) is 7.17. The molecule has 3 rings (SSSR count). The van der Waals surface area contributed by atoms with Crippen molar-refractivity contribution in [1.29, 1.82) is 0 Å². The monoisotopic (exact) mass is 322 g/mol. The average molecular weight is 323 g/mol. The Balaban J connectivity index is 2.10. The smallest absolute Gasteiger partial charge is 0.159 e. The summed E-state index contributed by atoms with van der Waals surface area (Å²) in [5, 5.41) is 8.90. The van der Waals surface area contributed by atoms with E-state index in [1.807, 2.05) is 11.6 Å². The summed E-state index contributed by atoms with van der Waals surface area (Å²) in [6.07, 6.45) is 0.979. The lowest BCUT2D eigenvalue weighted by atomic mass is 10.1. The molecule has 0 amide bonds. The Labute approximate surface area is 133 Å². The van der Waals surface area contributed by atoms with Crippen LogP contribution in [-0.4, -0.2) is 19.3 Å². The van der Waals surface area contributed by atoms with Crippen LogP contribution in [0.3, 0.4) is 0 Å². The lowest BCUT2D eigenvalue weighted by molar-refractivity contribution is 0.523. The van der Waals surface area contributed by atoms with E-state index >= 15 is 0 Å². The standard InChI is InChI=1S/C15H19ClN4S/c1-4-19-15-14(11(3)18-19)17-13(8-16)20(15)10(2)7-12-5-6-21-9-12/h5-6,9-10H,4,7-8H2,1-3H3. The van der Waals surface area contributed by atoms with Crippen LogP contribution in [0.4, 0.5) is 0 Å². The van der Waals surface area contributed by atoms with Crippen molar-refractivity contribution in [3.8, 4) is 0 Å². The molecule has 4 nitrogen and oxygen atoms in total. The molecule has 0 saturated heterocycles. The molecule has 112 valence electrons. The number of thiophene rings is 1. The quantitative estimate of drug-likeness (QED) is 0.661. The van der Waals surface area contributed by atoms with Crippen LogP contribution in [0.5, 0.6) is 0 Å². The van der Waals surface area contributed by atoms with Crippen molar-refractivity contribution in [2.24, 2.45) is 0 Å². The van der Waals surface area contributed by atoms with Gasteiger partial charge in [-0.3, -0.25) is 0 Å². The first-order valence-corrected chi connectivity index (χ1v) is 8.64. The highest BCUT2D eigenvalue weighted by Crippen LogP contribution is 2.27. The molecule has 6 heteroatoms. The van der Waals surface area contributed by atoms with Crippen LogP contribution in [0.2, 0.25) is 0 Å². The fourth-order valence-electron chi connectivity index (χ4n) is 2.85. The zero-order valence-corrected chi connectivity index (χ0v) is 14.1. The molecule has 0 aliphatic carbocycles. The van der Waals surface area contributed by atoms with Crippen molar-refractivity contribution < 1.29 is 0 Å². The second kappa shape index (κ2) is 5.81. The van der Waals surface area contributed by atoms with E-state index in [4.69, 9.17) is 16.6 Å². The van der Waals surface area contributed by atoms with Gasteiger partial charge in [0.25, 0.3) is 0 Å². The minimum Gasteiger partial charge on any atom is -0.309 e. The third-order valence-electron chi connectivity index (χ3n) is 3.79. The van der Waals surface area contributed by atoms with Crippen LogP contribution >= 0.6 is 22.9 Å². The van der Waals surface area contributed by atoms with E-state index in [1.54, 1.807) is 11.3 Å². The topological polar surface area (TPSA) is 35.6 Å². The number of fused-ring (bicyclic) bond motifs is 1. The van der Waals surface area contributed by atoms with Crippen molar-refractivity contribution in [2.45, 2.75) is 45.7 Å². The van der Waals surface area contributed by atoms with Gasteiger partial charge in [0.1, 0.15) is 11.3 Å². The number of imidazole rings is 1. The fourth-order valence-corrected chi connectivity index (χ4v) is 3.72. The molecular formula is C15H19ClN4S. The predicted octanol–water partition coefficient (Wildman–Crippen LogP) is 4.17. The summed E-state index contributed by atoms with van der Waals surface area (Å²) >= 11 is 7.86. The van der Waals surface area contributed by atoms with Crippen molar-refractivity contribution in [3.63, 3.8) is 0 Å². The van der Waals surface area contributed by atoms with Gasteiger partial charge in [-0.15, -0.1) is 11.6 Å². The predicted molar refractivity (Wildman–Crippen MR) is 88.2 cm³/mol. The molecule has 1 atom stereocenters. The third-order valence-corrected chi connectivity index (χ3v) is 4.76. The molecule has 3 aromatic rings. The molecule has 0 spiro atoms. The van der Waals surface area contributed by atoms with Gasteiger partial charge in [0.2, 0.25) is 0 Å². The maximum Gasteiger partial charge on any atom is 0.159 e. The van der Waals surface area contributed by atoms with Gasteiger partial charge in [-0.1, -0.05) is 0 Å². The number of halogens is 1. The van der Waals surface area contributed by atoms with Gasteiger partial charge in [0.05, 0.1) is 11.6 Å². The van der Waals surface area contributed by atoms with Gasteiger partial charge in [-0.25, -0.2) is 9.67 Å². The normalized spacial score (nSPS) is 13.1. The SMILES string of the molecule is CCn1nc(C)c2nc(CCl)n(C(C)Cc3ccsc3)c21. The summed E-state index contributed by atoms with van der Waals surface area (Å²) in [6, 6.07) is 2.48. The van der Waals surface area contributed by atoms with Crippen LogP contribution in [0.15, 0.2) is 16.8 Å². The zero-order valence-electron chi connectivity index (χ0n) is 12.5. The van der Waals surface area contributed by atoms with Crippen LogP contribution in [0, 0.1) is 6.92 Å². The highest BCUT2D eigenvalue weighted by Gasteiger charge is 2.21. The zero-order chi connectivity index (χ0) is 15.0. The Kier molecular flexibility index (Phi) is 4.04. The Morgan fingerprint density at radius 3 is 2.86 bits per heavy atom. The fraction of sp³-hybridized carbons (Fsp3) is 0.467. The molecule has 0 aliphatic rings. The molecule has 0 radical (unpaired) electrons. The van der Waals surface area contributed by atoms with Crippen LogP contribution in [0.1, 0.15) is 37.0 Å². The molecule has 0 saturated carbocycles. The summed E-state index contributed by atoms with van der Waals surface area (Å²) in [5.74, 6) is 1.35. The Bertz CT molecular complexity index is 741. The van der Waals surface area contributed by atoms with Gasteiger partial charge in [-0.2, -0.15) is 16.4 Å². The Morgan fingerprint density at radius 2 is 2.24 bits per heavy atom. The number of aryl methyl sites for hydroxylation is 2. The molecular weight excluding hydrogens is 304 g/mol. The van der Waals surface area contributed by atoms with Gasteiger partial charge in [0, 0.05) is 12.6 Å². The van der Waals surface area contributed by atoms with Gasteiger partial charge in [-0.05, 0) is 49.6 Å². The lowest BCUT2D eigenvalue weighted by Gasteiger charge is -2.17. The summed E-state index contributed by atoms with van der Waals surface area (Å²) in [4.78, 5) is 4.70. The van der Waals surface area contributed by atoms with E-state index in [1.165, 1.54) is 5.56 Å². The molecule has 0 aromatic carbocycles. The van der Waals surface area contributed by atoms with E-state index in [0.717, 1.165) is 35.6 Å². The molecule has 1 unspecified atom stereocenters. The van der Waals surface area contributed by atoms with Crippen molar-refractivity contribution in [1.82, 2.24) is 19.3 Å². The summed E-state index contributed by atoms with van der Waals surface area (Å²) in [6.45, 7) is 7.17. The van der Waals surface area contributed by atoms with Crippen LogP contribution in [0.25, 0.3) is 11.2 Å². The maximum absolute atomic E-state index is 6.12. The number of hydrogen-bond acceptors (Lipinski definition) is 3. The summed E-state index contributed by atoms with van der Waals surface area (Å²) < 4.78 is 4.28. The van der Waals surface area contributed by atoms with Crippen LogP contribution in [-0.2, 0) is 18.8 Å². The Morgan fingerprint density at radius 1 is 1.43 bits per heavy atom. The Hall–Kier alpha value is -1.33. The molecule has 3 aromatic heterocycles. The average Bonchev–Trinajstić information content (AvgIpc) is 3.15. The van der Waals surface area contributed by atoms with E-state index in [0.29, 0.717) is 11.9 Å². The van der Waals surface area contributed by atoms with E-state index in [2.05, 4.69) is 40.3 Å². The van der Waals surface area contributed by atoms with Gasteiger partial charge >= 0.3 is 0 Å². The van der Waals surface area contributed by atoms with E-state index in [9.17, 15) is 0 Å². The number of nitrogens with zero attached hydrogens (tertiary/aromatic N) is 4. The second-order valence-corrected chi connectivity index (χ2v) is 6.34. The number of alkyl halides is 1. The minimum atomic E-state index is 0.305. The maximum atomic E-state index is 6.12. The lowest BCUT2D eigenvalue weighted by Crippen LogP contribution is -2.14. The molecule has 0 N–H and O–H groups in total. The summed E-state index contributed by atoms with van der Waals surface area (Å²) in [5.41, 5.74) is 4.40. The van der Waals surface area contributed by atoms with Crippen molar-refractivity contribution in [2.75, 3.05) is 0 Å². The van der Waals surface area contributed by atoms with E-state index in [-0.39, 0.29) is 0 Å². The van der Waals surface area contributed by atoms with E-state index < -0.39 is 0 Å². The van der Waals surface area contributed by atoms with Crippen molar-refractivity contribution in [3.05, 3.63) is 33.9 Å². The molecule has 0 aliphatic heterocycles. The van der Waals surface area contributed by atoms with Crippen molar-refractivity contribution >= 4 is 34.1 Å². The summed E-state index contributed by atoms with van der Waals surface area (Å²) in [7, 11) is 0. The first kappa shape index (κ1) is 14.6. The number of aromatic nitrogens is 4. The molecule has 21 heavy (non-hydrogen) atoms. The second-order valence-electron chi connectivity index (χ2n) is 5.29. The molecule has 3 heterocycles. The number of rotatable bonds is 5. The molecule has 0 fully saturated rings.